The highest BCUT2D eigenvalue weighted by Gasteiger charge is 2.47. The molecule has 2 heteroatoms. The predicted octanol–water partition coefficient (Wildman–Crippen LogP) is 5.52. The van der Waals surface area contributed by atoms with Crippen molar-refractivity contribution in [3.05, 3.63) is 71.3 Å². The fraction of sp³-hybridized carbons (Fsp3) is 0.538. The molecule has 4 saturated carbocycles. The molecule has 148 valence electrons. The summed E-state index contributed by atoms with van der Waals surface area (Å²) in [6.07, 6.45) is 7.44. The highest BCUT2D eigenvalue weighted by Crippen LogP contribution is 2.53. The van der Waals surface area contributed by atoms with Crippen LogP contribution in [-0.4, -0.2) is 19.2 Å². The highest BCUT2D eigenvalue weighted by atomic mass is 16.5. The average molecular weight is 376 g/mol. The standard InChI is InChI=1S/C26H33NO/c1-18-7-9-22(10-8-18)26(21-5-3-2-4-6-21)28-12-11-27-25-23-14-19-13-20(16-23)17-24(25)15-19/h2-10,19-20,23-27H,11-17H2,1H3/t19?,20?,23?,24?,25?,26-/m0/s1. The van der Waals surface area contributed by atoms with Crippen molar-refractivity contribution in [2.24, 2.45) is 23.7 Å². The lowest BCUT2D eigenvalue weighted by Crippen LogP contribution is -2.55. The van der Waals surface area contributed by atoms with Crippen molar-refractivity contribution >= 4 is 0 Å². The first kappa shape index (κ1) is 18.4. The van der Waals surface area contributed by atoms with E-state index in [0.29, 0.717) is 0 Å². The largest absolute Gasteiger partial charge is 0.367 e. The first-order valence-electron chi connectivity index (χ1n) is 11.2. The third kappa shape index (κ3) is 3.77. The van der Waals surface area contributed by atoms with Crippen LogP contribution in [-0.2, 0) is 4.74 Å². The summed E-state index contributed by atoms with van der Waals surface area (Å²) < 4.78 is 6.43. The summed E-state index contributed by atoms with van der Waals surface area (Å²) in [5.41, 5.74) is 3.77. The molecule has 28 heavy (non-hydrogen) atoms. The van der Waals surface area contributed by atoms with Gasteiger partial charge >= 0.3 is 0 Å². The summed E-state index contributed by atoms with van der Waals surface area (Å²) >= 11 is 0. The highest BCUT2D eigenvalue weighted by molar-refractivity contribution is 5.31. The fourth-order valence-corrected chi connectivity index (χ4v) is 6.41. The summed E-state index contributed by atoms with van der Waals surface area (Å²) in [4.78, 5) is 0. The zero-order valence-corrected chi connectivity index (χ0v) is 17.0. The Morgan fingerprint density at radius 1 is 0.821 bits per heavy atom. The van der Waals surface area contributed by atoms with E-state index in [9.17, 15) is 0 Å². The summed E-state index contributed by atoms with van der Waals surface area (Å²) in [7, 11) is 0. The molecule has 0 aromatic heterocycles. The molecule has 4 aliphatic rings. The van der Waals surface area contributed by atoms with Gasteiger partial charge in [-0.15, -0.1) is 0 Å². The van der Waals surface area contributed by atoms with Crippen molar-refractivity contribution < 1.29 is 4.74 Å². The lowest BCUT2D eigenvalue weighted by atomic mass is 9.54. The maximum atomic E-state index is 6.43. The minimum Gasteiger partial charge on any atom is -0.367 e. The molecule has 4 aliphatic carbocycles. The number of nitrogens with one attached hydrogen (secondary N) is 1. The summed E-state index contributed by atoms with van der Waals surface area (Å²) in [6.45, 7) is 3.86. The van der Waals surface area contributed by atoms with Crippen LogP contribution in [0.2, 0.25) is 0 Å². The summed E-state index contributed by atoms with van der Waals surface area (Å²) in [5.74, 6) is 3.94. The molecule has 2 aromatic carbocycles. The third-order valence-corrected chi connectivity index (χ3v) is 7.48. The van der Waals surface area contributed by atoms with Gasteiger partial charge in [0.25, 0.3) is 0 Å². The molecule has 1 atom stereocenters. The Bertz CT molecular complexity index is 741. The van der Waals surface area contributed by atoms with Gasteiger partial charge in [-0.25, -0.2) is 0 Å². The van der Waals surface area contributed by atoms with E-state index in [0.717, 1.165) is 42.9 Å². The first-order chi connectivity index (χ1) is 13.8. The maximum absolute atomic E-state index is 6.43. The number of hydrogen-bond donors (Lipinski definition) is 1. The van der Waals surface area contributed by atoms with Crippen LogP contribution in [0.4, 0.5) is 0 Å². The molecule has 0 aliphatic heterocycles. The van der Waals surface area contributed by atoms with Crippen LogP contribution in [0.3, 0.4) is 0 Å². The van der Waals surface area contributed by atoms with Crippen molar-refractivity contribution in [1.82, 2.24) is 5.32 Å². The average Bonchev–Trinajstić information content (AvgIpc) is 2.71. The third-order valence-electron chi connectivity index (χ3n) is 7.48. The van der Waals surface area contributed by atoms with Gasteiger partial charge in [0.15, 0.2) is 0 Å². The minimum atomic E-state index is 0.0158. The Hall–Kier alpha value is -1.64. The summed E-state index contributed by atoms with van der Waals surface area (Å²) in [5, 5.41) is 3.91. The molecule has 2 aromatic rings. The topological polar surface area (TPSA) is 21.3 Å². The van der Waals surface area contributed by atoms with Crippen molar-refractivity contribution in [1.29, 1.82) is 0 Å². The molecule has 0 heterocycles. The first-order valence-corrected chi connectivity index (χ1v) is 11.2. The van der Waals surface area contributed by atoms with E-state index < -0.39 is 0 Å². The molecule has 0 radical (unpaired) electrons. The predicted molar refractivity (Wildman–Crippen MR) is 114 cm³/mol. The molecule has 2 nitrogen and oxygen atoms in total. The van der Waals surface area contributed by atoms with Crippen LogP contribution in [0.15, 0.2) is 54.6 Å². The van der Waals surface area contributed by atoms with E-state index in [-0.39, 0.29) is 6.10 Å². The molecule has 0 unspecified atom stereocenters. The van der Waals surface area contributed by atoms with E-state index in [1.165, 1.54) is 48.8 Å². The van der Waals surface area contributed by atoms with E-state index in [1.807, 2.05) is 0 Å². The summed E-state index contributed by atoms with van der Waals surface area (Å²) in [6, 6.07) is 20.2. The molecule has 6 rings (SSSR count). The molecule has 1 N–H and O–H groups in total. The van der Waals surface area contributed by atoms with Crippen LogP contribution in [0.1, 0.15) is 54.9 Å². The Kier molecular flexibility index (Phi) is 5.26. The van der Waals surface area contributed by atoms with E-state index in [4.69, 9.17) is 4.74 Å². The van der Waals surface area contributed by atoms with E-state index >= 15 is 0 Å². The second-order valence-electron chi connectivity index (χ2n) is 9.48. The van der Waals surface area contributed by atoms with Gasteiger partial charge in [-0.3, -0.25) is 0 Å². The molecule has 0 amide bonds. The van der Waals surface area contributed by atoms with Gasteiger partial charge in [0.1, 0.15) is 6.10 Å². The zero-order valence-electron chi connectivity index (χ0n) is 17.0. The monoisotopic (exact) mass is 375 g/mol. The molecule has 0 spiro atoms. The van der Waals surface area contributed by atoms with Gasteiger partial charge in [0.2, 0.25) is 0 Å². The van der Waals surface area contributed by atoms with Crippen molar-refractivity contribution in [3.63, 3.8) is 0 Å². The SMILES string of the molecule is Cc1ccc([C@@H](OCCNC2C3CC4CC(C3)CC2C4)c2ccccc2)cc1. The minimum absolute atomic E-state index is 0.0158. The zero-order chi connectivity index (χ0) is 18.9. The van der Waals surface area contributed by atoms with Gasteiger partial charge in [0, 0.05) is 12.6 Å². The quantitative estimate of drug-likeness (QED) is 0.644. The second-order valence-corrected chi connectivity index (χ2v) is 9.48. The lowest BCUT2D eigenvalue weighted by molar-refractivity contribution is -0.0174. The maximum Gasteiger partial charge on any atom is 0.108 e. The number of benzene rings is 2. The molecule has 0 saturated heterocycles. The lowest BCUT2D eigenvalue weighted by Gasteiger charge is -2.54. The van der Waals surface area contributed by atoms with E-state index in [2.05, 4.69) is 66.8 Å². The van der Waals surface area contributed by atoms with E-state index in [1.54, 1.807) is 0 Å². The molecular formula is C26H33NO. The number of hydrogen-bond acceptors (Lipinski definition) is 2. The normalized spacial score (nSPS) is 31.8. The number of aryl methyl sites for hydroxylation is 1. The van der Waals surface area contributed by atoms with Crippen LogP contribution >= 0.6 is 0 Å². The smallest absolute Gasteiger partial charge is 0.108 e. The number of rotatable bonds is 7. The van der Waals surface area contributed by atoms with Crippen molar-refractivity contribution in [2.75, 3.05) is 13.2 Å². The Labute approximate surface area is 169 Å². The van der Waals surface area contributed by atoms with Crippen molar-refractivity contribution in [3.8, 4) is 0 Å². The second kappa shape index (κ2) is 8.00. The van der Waals surface area contributed by atoms with Crippen LogP contribution in [0, 0.1) is 30.6 Å². The Balaban J connectivity index is 1.20. The fourth-order valence-electron chi connectivity index (χ4n) is 6.41. The molecule has 4 bridgehead atoms. The van der Waals surface area contributed by atoms with Crippen LogP contribution in [0.25, 0.3) is 0 Å². The Morgan fingerprint density at radius 3 is 2.07 bits per heavy atom. The van der Waals surface area contributed by atoms with Gasteiger partial charge in [0.05, 0.1) is 6.61 Å². The molecule has 4 fully saturated rings. The Morgan fingerprint density at radius 2 is 1.43 bits per heavy atom. The van der Waals surface area contributed by atoms with Crippen LogP contribution < -0.4 is 5.32 Å². The molecular weight excluding hydrogens is 342 g/mol. The van der Waals surface area contributed by atoms with Crippen molar-refractivity contribution in [2.45, 2.75) is 51.2 Å². The van der Waals surface area contributed by atoms with Gasteiger partial charge in [-0.1, -0.05) is 60.2 Å². The van der Waals surface area contributed by atoms with Gasteiger partial charge < -0.3 is 10.1 Å². The van der Waals surface area contributed by atoms with Gasteiger partial charge in [-0.2, -0.15) is 0 Å². The van der Waals surface area contributed by atoms with Gasteiger partial charge in [-0.05, 0) is 73.8 Å². The van der Waals surface area contributed by atoms with Crippen LogP contribution in [0.5, 0.6) is 0 Å². The number of ether oxygens (including phenoxy) is 1.